The van der Waals surface area contributed by atoms with Crippen molar-refractivity contribution in [3.63, 3.8) is 0 Å². The summed E-state index contributed by atoms with van der Waals surface area (Å²) in [5.41, 5.74) is 9.27. The minimum absolute atomic E-state index is 1.11. The normalized spacial score (nSPS) is 11.6. The number of hydrogen-bond donors (Lipinski definition) is 0. The molecular weight excluding hydrogens is 605 g/mol. The van der Waals surface area contributed by atoms with Crippen molar-refractivity contribution in [1.29, 1.82) is 0 Å². The van der Waals surface area contributed by atoms with Gasteiger partial charge < -0.3 is 9.47 Å². The summed E-state index contributed by atoms with van der Waals surface area (Å²) in [5, 5.41) is 10.1. The first-order valence-corrected chi connectivity index (χ1v) is 17.2. The van der Waals surface area contributed by atoms with Crippen LogP contribution in [0.25, 0.3) is 70.9 Å². The van der Waals surface area contributed by atoms with Gasteiger partial charge in [0, 0.05) is 33.5 Å². The molecule has 0 saturated heterocycles. The fraction of sp³-hybridized carbons (Fsp3) is 0. The number of anilines is 3. The second-order valence-electron chi connectivity index (χ2n) is 13.0. The van der Waals surface area contributed by atoms with Crippen molar-refractivity contribution in [1.82, 2.24) is 4.57 Å². The number of nitrogens with zero attached hydrogens (tertiary/aromatic N) is 2. The monoisotopic (exact) mass is 636 g/mol. The largest absolute Gasteiger partial charge is 0.310 e. The van der Waals surface area contributed by atoms with E-state index in [1.54, 1.807) is 0 Å². The third kappa shape index (κ3) is 4.50. The number of hydrogen-bond acceptors (Lipinski definition) is 1. The topological polar surface area (TPSA) is 8.17 Å². The van der Waals surface area contributed by atoms with E-state index >= 15 is 0 Å². The van der Waals surface area contributed by atoms with Gasteiger partial charge in [-0.15, -0.1) is 0 Å². The molecule has 234 valence electrons. The maximum absolute atomic E-state index is 2.41. The Hall–Kier alpha value is -6.64. The molecule has 0 atom stereocenters. The average molecular weight is 637 g/mol. The summed E-state index contributed by atoms with van der Waals surface area (Å²) >= 11 is 0. The Morgan fingerprint density at radius 2 is 0.720 bits per heavy atom. The lowest BCUT2D eigenvalue weighted by Crippen LogP contribution is -2.10. The highest BCUT2D eigenvalue weighted by molar-refractivity contribution is 6.25. The molecule has 0 fully saturated rings. The molecule has 10 aromatic rings. The molecule has 0 aliphatic carbocycles. The summed E-state index contributed by atoms with van der Waals surface area (Å²) < 4.78 is 2.39. The average Bonchev–Trinajstić information content (AvgIpc) is 3.53. The van der Waals surface area contributed by atoms with E-state index in [-0.39, 0.29) is 0 Å². The molecule has 0 aliphatic heterocycles. The summed E-state index contributed by atoms with van der Waals surface area (Å²) in [6.07, 6.45) is 0. The number of aromatic nitrogens is 1. The molecule has 50 heavy (non-hydrogen) atoms. The highest BCUT2D eigenvalue weighted by Crippen LogP contribution is 2.43. The van der Waals surface area contributed by atoms with Crippen LogP contribution in [0.15, 0.2) is 194 Å². The lowest BCUT2D eigenvalue weighted by atomic mass is 9.94. The lowest BCUT2D eigenvalue weighted by Gasteiger charge is -2.27. The Morgan fingerprint density at radius 1 is 0.280 bits per heavy atom. The van der Waals surface area contributed by atoms with Gasteiger partial charge in [0.1, 0.15) is 0 Å². The highest BCUT2D eigenvalue weighted by Gasteiger charge is 2.19. The standard InChI is InChI=1S/C48H32N2/c1-3-13-33(14-4-1)34-23-25-36(26-24-34)49(37-27-29-43-41-19-8-7-17-39(41)40-18-9-10-20-42(40)46(43)31-37)38-28-30-45-44-21-11-12-22-47(44)50(48(45)32-38)35-15-5-2-6-16-35/h1-32H. The van der Waals surface area contributed by atoms with Crippen LogP contribution >= 0.6 is 0 Å². The van der Waals surface area contributed by atoms with Crippen LogP contribution in [0.2, 0.25) is 0 Å². The van der Waals surface area contributed by atoms with Gasteiger partial charge in [-0.2, -0.15) is 0 Å². The predicted octanol–water partition coefficient (Wildman–Crippen LogP) is 13.4. The molecular formula is C48H32N2. The molecule has 0 bridgehead atoms. The predicted molar refractivity (Wildman–Crippen MR) is 213 cm³/mol. The molecule has 10 rings (SSSR count). The Morgan fingerprint density at radius 3 is 1.38 bits per heavy atom. The van der Waals surface area contributed by atoms with Gasteiger partial charge in [-0.05, 0) is 98.0 Å². The molecule has 0 amide bonds. The van der Waals surface area contributed by atoms with Crippen molar-refractivity contribution in [2.45, 2.75) is 0 Å². The van der Waals surface area contributed by atoms with Crippen LogP contribution in [-0.4, -0.2) is 4.57 Å². The number of rotatable bonds is 5. The first kappa shape index (κ1) is 28.4. The Kier molecular flexibility index (Phi) is 6.53. The summed E-state index contributed by atoms with van der Waals surface area (Å²) in [5.74, 6) is 0. The van der Waals surface area contributed by atoms with Gasteiger partial charge in [0.05, 0.1) is 11.0 Å². The smallest absolute Gasteiger partial charge is 0.0561 e. The van der Waals surface area contributed by atoms with Gasteiger partial charge in [-0.3, -0.25) is 0 Å². The van der Waals surface area contributed by atoms with E-state index in [1.165, 1.54) is 65.3 Å². The number of benzene rings is 9. The minimum atomic E-state index is 1.11. The first-order chi connectivity index (χ1) is 24.8. The maximum atomic E-state index is 2.41. The van der Waals surface area contributed by atoms with E-state index in [1.807, 2.05) is 0 Å². The van der Waals surface area contributed by atoms with Crippen LogP contribution in [-0.2, 0) is 0 Å². The van der Waals surface area contributed by atoms with Crippen LogP contribution in [0, 0.1) is 0 Å². The quantitative estimate of drug-likeness (QED) is 0.171. The zero-order valence-corrected chi connectivity index (χ0v) is 27.4. The van der Waals surface area contributed by atoms with Crippen molar-refractivity contribution in [2.75, 3.05) is 4.90 Å². The van der Waals surface area contributed by atoms with Crippen LogP contribution < -0.4 is 4.90 Å². The summed E-state index contributed by atoms with van der Waals surface area (Å²) in [6, 6.07) is 70.5. The van der Waals surface area contributed by atoms with Gasteiger partial charge in [0.25, 0.3) is 0 Å². The fourth-order valence-corrected chi connectivity index (χ4v) is 7.87. The number of fused-ring (bicyclic) bond motifs is 9. The molecule has 0 spiro atoms. The van der Waals surface area contributed by atoms with Crippen LogP contribution in [0.1, 0.15) is 0 Å². The van der Waals surface area contributed by atoms with E-state index in [4.69, 9.17) is 0 Å². The van der Waals surface area contributed by atoms with E-state index < -0.39 is 0 Å². The Bertz CT molecular complexity index is 2810. The second kappa shape index (κ2) is 11.5. The molecule has 0 radical (unpaired) electrons. The third-order valence-electron chi connectivity index (χ3n) is 10.1. The third-order valence-corrected chi connectivity index (χ3v) is 10.1. The molecule has 0 N–H and O–H groups in total. The van der Waals surface area contributed by atoms with E-state index in [2.05, 4.69) is 204 Å². The molecule has 2 nitrogen and oxygen atoms in total. The van der Waals surface area contributed by atoms with Gasteiger partial charge in [-0.1, -0.05) is 140 Å². The van der Waals surface area contributed by atoms with Crippen molar-refractivity contribution in [3.8, 4) is 16.8 Å². The van der Waals surface area contributed by atoms with Gasteiger partial charge in [0.2, 0.25) is 0 Å². The highest BCUT2D eigenvalue weighted by atomic mass is 15.1. The SMILES string of the molecule is c1ccc(-c2ccc(N(c3ccc4c5ccccc5c5ccccc5c4c3)c3ccc4c5ccccc5n(-c5ccccc5)c4c3)cc2)cc1. The molecule has 0 saturated carbocycles. The molecule has 1 aromatic heterocycles. The molecule has 1 heterocycles. The lowest BCUT2D eigenvalue weighted by molar-refractivity contribution is 1.18. The van der Waals surface area contributed by atoms with Gasteiger partial charge in [0.15, 0.2) is 0 Å². The molecule has 0 aliphatic rings. The van der Waals surface area contributed by atoms with E-state index in [9.17, 15) is 0 Å². The van der Waals surface area contributed by atoms with E-state index in [0.29, 0.717) is 0 Å². The van der Waals surface area contributed by atoms with Crippen LogP contribution in [0.4, 0.5) is 17.1 Å². The van der Waals surface area contributed by atoms with E-state index in [0.717, 1.165) is 22.7 Å². The molecule has 0 unspecified atom stereocenters. The van der Waals surface area contributed by atoms with Gasteiger partial charge >= 0.3 is 0 Å². The zero-order chi connectivity index (χ0) is 33.0. The summed E-state index contributed by atoms with van der Waals surface area (Å²) in [7, 11) is 0. The molecule has 9 aromatic carbocycles. The Labute approximate surface area is 290 Å². The zero-order valence-electron chi connectivity index (χ0n) is 27.4. The fourth-order valence-electron chi connectivity index (χ4n) is 7.87. The first-order valence-electron chi connectivity index (χ1n) is 17.2. The van der Waals surface area contributed by atoms with Crippen molar-refractivity contribution in [2.24, 2.45) is 0 Å². The molecule has 2 heteroatoms. The summed E-state index contributed by atoms with van der Waals surface area (Å²) in [6.45, 7) is 0. The Balaban J connectivity index is 1.23. The van der Waals surface area contributed by atoms with Gasteiger partial charge in [-0.25, -0.2) is 0 Å². The van der Waals surface area contributed by atoms with Crippen LogP contribution in [0.3, 0.4) is 0 Å². The maximum Gasteiger partial charge on any atom is 0.0561 e. The minimum Gasteiger partial charge on any atom is -0.310 e. The van der Waals surface area contributed by atoms with Crippen LogP contribution in [0.5, 0.6) is 0 Å². The number of para-hydroxylation sites is 2. The van der Waals surface area contributed by atoms with Crippen molar-refractivity contribution < 1.29 is 0 Å². The van der Waals surface area contributed by atoms with Crippen molar-refractivity contribution in [3.05, 3.63) is 194 Å². The van der Waals surface area contributed by atoms with Crippen molar-refractivity contribution >= 4 is 71.2 Å². The second-order valence-corrected chi connectivity index (χ2v) is 13.0. The summed E-state index contributed by atoms with van der Waals surface area (Å²) in [4.78, 5) is 2.41.